The Labute approximate surface area is 522 Å². The van der Waals surface area contributed by atoms with E-state index in [1.807, 2.05) is 10.6 Å². The predicted octanol–water partition coefficient (Wildman–Crippen LogP) is 8.35. The standard InChI is InChI=1S/C28H36ClN7O4S.C19H18Cl3N5O3S.C6H13NO.C3H7N.ClH/c1-41(39,40)32-22-9-8-20(29)14-21(22)28(38)35-13-3-2-7-24(35)23-15-26-30-25(33-11-5-12-33)16-27(36(26)31-23)34-10-4-6-19(17-34)18-37;1-31(29,30)25-13-6-5-11(20)8-12(13)19(28)26-7-3-2-4-15(26)14-9-18-23-16(21)10-17(22)27(18)24-14;8-5-6-2-1-3-7-4-6;1-2-4-3-1;/h8-9,14-16,19,24,32,37H,2-7,10-13,17-18H2,1H3;5-6,8-10,15,25H,2-4,7H2,1H3;6-8H,1-5H2;4H,1-3H2;1H/t19-,24+;15-;6-;;/m101../s1. The van der Waals surface area contributed by atoms with Gasteiger partial charge in [-0.05, 0) is 145 Å². The first-order chi connectivity index (χ1) is 40.2. The van der Waals surface area contributed by atoms with Gasteiger partial charge in [-0.3, -0.25) is 19.0 Å². The molecule has 6 fully saturated rings. The number of fused-ring (bicyclic) bond motifs is 2. The quantitative estimate of drug-likeness (QED) is 0.0629. The molecule has 6 aromatic rings. The largest absolute Gasteiger partial charge is 0.396 e. The van der Waals surface area contributed by atoms with Gasteiger partial charge in [0, 0.05) is 93.3 Å². The highest BCUT2D eigenvalue weighted by atomic mass is 35.5. The van der Waals surface area contributed by atoms with Gasteiger partial charge >= 0.3 is 0 Å². The second kappa shape index (κ2) is 29.8. The molecule has 0 aliphatic carbocycles. The summed E-state index contributed by atoms with van der Waals surface area (Å²) in [6.07, 6.45) is 14.0. The fraction of sp³-hybridized carbons (Fsp3) is 0.536. The molecule has 6 N–H and O–H groups in total. The lowest BCUT2D eigenvalue weighted by Gasteiger charge is -2.36. The summed E-state index contributed by atoms with van der Waals surface area (Å²) in [5, 5.41) is 35.6. The number of aliphatic hydroxyl groups excluding tert-OH is 2. The van der Waals surface area contributed by atoms with Crippen LogP contribution in [0.1, 0.15) is 121 Å². The van der Waals surface area contributed by atoms with Gasteiger partial charge in [0.1, 0.15) is 21.9 Å². The number of hydrogen-bond donors (Lipinski definition) is 6. The van der Waals surface area contributed by atoms with Gasteiger partial charge in [0.25, 0.3) is 11.8 Å². The van der Waals surface area contributed by atoms with Crippen molar-refractivity contribution < 1.29 is 36.6 Å². The number of anilines is 4. The van der Waals surface area contributed by atoms with E-state index in [1.54, 1.807) is 21.9 Å². The molecule has 4 atom stereocenters. The van der Waals surface area contributed by atoms with E-state index in [0.717, 1.165) is 126 Å². The van der Waals surface area contributed by atoms with Crippen molar-refractivity contribution in [3.05, 3.63) is 104 Å². The molecule has 0 saturated carbocycles. The van der Waals surface area contributed by atoms with Crippen molar-refractivity contribution in [3.63, 3.8) is 0 Å². The molecule has 4 aromatic heterocycles. The molecule has 464 valence electrons. The van der Waals surface area contributed by atoms with Gasteiger partial charge in [-0.15, -0.1) is 12.4 Å². The number of likely N-dealkylation sites (tertiary alicyclic amines) is 2. The number of sulfonamides is 2. The third-order valence-corrected chi connectivity index (χ3v) is 17.8. The van der Waals surface area contributed by atoms with E-state index in [1.165, 1.54) is 73.3 Å². The van der Waals surface area contributed by atoms with Crippen molar-refractivity contribution in [3.8, 4) is 0 Å². The lowest BCUT2D eigenvalue weighted by molar-refractivity contribution is 0.0600. The summed E-state index contributed by atoms with van der Waals surface area (Å²) in [5.74, 6) is 1.98. The number of hydrogen-bond acceptors (Lipinski definition) is 16. The fourth-order valence-corrected chi connectivity index (χ4v) is 13.0. The Hall–Kier alpha value is -4.99. The first kappa shape index (κ1) is 66.0. The number of aliphatic hydroxyl groups is 2. The lowest BCUT2D eigenvalue weighted by Crippen LogP contribution is -2.40. The highest BCUT2D eigenvalue weighted by molar-refractivity contribution is 7.92. The Kier molecular flexibility index (Phi) is 23.1. The molecular weight excluding hydrogens is 1240 g/mol. The summed E-state index contributed by atoms with van der Waals surface area (Å²) < 4.78 is 55.8. The molecule has 29 heteroatoms. The number of carbonyl (C=O) groups is 2. The molecule has 2 aromatic carbocycles. The van der Waals surface area contributed by atoms with Crippen LogP contribution in [0.25, 0.3) is 11.3 Å². The smallest absolute Gasteiger partial charge is 0.256 e. The van der Waals surface area contributed by atoms with Gasteiger partial charge in [-0.25, -0.2) is 31.3 Å². The zero-order valence-electron chi connectivity index (χ0n) is 47.6. The van der Waals surface area contributed by atoms with Gasteiger partial charge in [0.15, 0.2) is 11.3 Å². The Morgan fingerprint density at radius 3 is 1.56 bits per heavy atom. The minimum absolute atomic E-state index is 0. The first-order valence-corrected chi connectivity index (χ1v) is 34.0. The molecule has 85 heavy (non-hydrogen) atoms. The number of aromatic nitrogens is 6. The van der Waals surface area contributed by atoms with Gasteiger partial charge in [0.05, 0.1) is 58.5 Å². The number of nitrogens with zero attached hydrogens (tertiary/aromatic N) is 10. The molecular formula is C56H75Cl5N14O8S2. The Morgan fingerprint density at radius 2 is 1.09 bits per heavy atom. The van der Waals surface area contributed by atoms with E-state index in [2.05, 4.69) is 46.0 Å². The number of carbonyl (C=O) groups excluding carboxylic acids is 2. The Morgan fingerprint density at radius 1 is 0.588 bits per heavy atom. The van der Waals surface area contributed by atoms with Crippen molar-refractivity contribution in [2.24, 2.45) is 11.8 Å². The number of benzene rings is 2. The normalized spacial score (nSPS) is 20.7. The van der Waals surface area contributed by atoms with E-state index in [4.69, 9.17) is 61.6 Å². The minimum Gasteiger partial charge on any atom is -0.396 e. The molecule has 22 nitrogen and oxygen atoms in total. The summed E-state index contributed by atoms with van der Waals surface area (Å²) in [5.41, 5.74) is 3.35. The second-order valence-electron chi connectivity index (χ2n) is 22.2. The fourth-order valence-electron chi connectivity index (χ4n) is 11.1. The molecule has 0 radical (unpaired) electrons. The van der Waals surface area contributed by atoms with Gasteiger partial charge in [-0.1, -0.05) is 46.4 Å². The van der Waals surface area contributed by atoms with Crippen LogP contribution in [0.3, 0.4) is 0 Å². The number of piperidine rings is 4. The average molecular weight is 1310 g/mol. The molecule has 0 bridgehead atoms. The topological polar surface area (TPSA) is 264 Å². The number of nitrogens with one attached hydrogen (secondary N) is 4. The van der Waals surface area contributed by atoms with Crippen molar-refractivity contribution >= 4 is 125 Å². The third kappa shape index (κ3) is 17.2. The maximum absolute atomic E-state index is 14.0. The van der Waals surface area contributed by atoms with Crippen LogP contribution >= 0.6 is 58.8 Å². The van der Waals surface area contributed by atoms with Crippen LogP contribution in [0.15, 0.2) is 60.7 Å². The lowest BCUT2D eigenvalue weighted by atomic mass is 9.98. The molecule has 12 rings (SSSR count). The highest BCUT2D eigenvalue weighted by Gasteiger charge is 2.35. The number of rotatable bonds is 12. The van der Waals surface area contributed by atoms with E-state index >= 15 is 0 Å². The molecule has 0 unspecified atom stereocenters. The summed E-state index contributed by atoms with van der Waals surface area (Å²) in [7, 11) is -7.19. The SMILES string of the molecule is C1CNC1.CS(=O)(=O)Nc1ccc(Cl)cc1C(=O)N1CCCC[C@H]1c1cc2nc(Cl)cc(Cl)n2n1.CS(=O)(=O)Nc1ccc(Cl)cc1C(=O)N1CCCC[C@H]1c1cc2nc(N3CCC3)cc(N3CCC[C@@H](CO)C3)n2n1.Cl.OC[C@@H]1CCCNC1. The third-order valence-electron chi connectivity index (χ3n) is 15.7. The van der Waals surface area contributed by atoms with Crippen LogP contribution in [-0.2, 0) is 20.0 Å². The highest BCUT2D eigenvalue weighted by Crippen LogP contribution is 2.38. The van der Waals surface area contributed by atoms with E-state index < -0.39 is 20.0 Å². The van der Waals surface area contributed by atoms with Crippen LogP contribution in [0, 0.1) is 11.8 Å². The van der Waals surface area contributed by atoms with Gasteiger partial charge < -0.3 is 40.4 Å². The Bertz CT molecular complexity index is 3510. The van der Waals surface area contributed by atoms with Crippen molar-refractivity contribution in [2.45, 2.75) is 89.1 Å². The van der Waals surface area contributed by atoms with Crippen LogP contribution in [0.4, 0.5) is 23.0 Å². The number of halogens is 5. The first-order valence-electron chi connectivity index (χ1n) is 28.7. The van der Waals surface area contributed by atoms with Crippen molar-refractivity contribution in [1.82, 2.24) is 49.6 Å². The molecule has 6 aliphatic heterocycles. The summed E-state index contributed by atoms with van der Waals surface area (Å²) in [4.78, 5) is 44.7. The van der Waals surface area contributed by atoms with Crippen LogP contribution in [-0.4, -0.2) is 169 Å². The molecule has 0 spiro atoms. The molecule has 6 saturated heterocycles. The molecule has 6 aliphatic rings. The monoisotopic (exact) mass is 1310 g/mol. The van der Waals surface area contributed by atoms with Crippen molar-refractivity contribution in [1.29, 1.82) is 0 Å². The predicted molar refractivity (Wildman–Crippen MR) is 337 cm³/mol. The average Bonchev–Trinajstić information content (AvgIpc) is 2.08. The second-order valence-corrected chi connectivity index (χ2v) is 27.3. The van der Waals surface area contributed by atoms with Gasteiger partial charge in [0.2, 0.25) is 20.0 Å². The Balaban J connectivity index is 0.000000187. The maximum atomic E-state index is 14.0. The summed E-state index contributed by atoms with van der Waals surface area (Å²) >= 11 is 24.6. The zero-order valence-corrected chi connectivity index (χ0v) is 53.1. The van der Waals surface area contributed by atoms with E-state index in [-0.39, 0.29) is 76.5 Å². The van der Waals surface area contributed by atoms with Crippen molar-refractivity contribution in [2.75, 3.05) is 110 Å². The summed E-state index contributed by atoms with van der Waals surface area (Å²) in [6, 6.07) is 15.8. The van der Waals surface area contributed by atoms with E-state index in [0.29, 0.717) is 58.6 Å². The zero-order chi connectivity index (χ0) is 59.7. The van der Waals surface area contributed by atoms with Crippen LogP contribution < -0.4 is 29.9 Å². The van der Waals surface area contributed by atoms with Crippen LogP contribution in [0.5, 0.6) is 0 Å². The van der Waals surface area contributed by atoms with Gasteiger partial charge in [-0.2, -0.15) is 14.7 Å². The van der Waals surface area contributed by atoms with Crippen LogP contribution in [0.2, 0.25) is 20.4 Å². The minimum atomic E-state index is -3.60. The summed E-state index contributed by atoms with van der Waals surface area (Å²) in [6.45, 7) is 9.74. The molecule has 2 amide bonds. The van der Waals surface area contributed by atoms with E-state index in [9.17, 15) is 31.5 Å². The number of amides is 2. The maximum Gasteiger partial charge on any atom is 0.256 e. The molecule has 10 heterocycles.